The van der Waals surface area contributed by atoms with Crippen LogP contribution < -0.4 is 5.32 Å². The zero-order chi connectivity index (χ0) is 13.9. The van der Waals surface area contributed by atoms with Crippen molar-refractivity contribution in [2.75, 3.05) is 6.61 Å². The van der Waals surface area contributed by atoms with Gasteiger partial charge < -0.3 is 19.9 Å². The van der Waals surface area contributed by atoms with E-state index in [9.17, 15) is 4.79 Å². The smallest absolute Gasteiger partial charge is 0.405 e. The first-order chi connectivity index (χ1) is 9.74. The maximum absolute atomic E-state index is 11.0. The van der Waals surface area contributed by atoms with E-state index in [2.05, 4.69) is 5.32 Å². The molecule has 2 aliphatic rings. The molecular weight excluding hydrogens is 258 g/mol. The van der Waals surface area contributed by atoms with Crippen LogP contribution in [0.25, 0.3) is 0 Å². The quantitative estimate of drug-likeness (QED) is 0.890. The number of amides is 1. The van der Waals surface area contributed by atoms with E-state index in [0.717, 1.165) is 43.4 Å². The second-order valence-electron chi connectivity index (χ2n) is 5.30. The van der Waals surface area contributed by atoms with Gasteiger partial charge in [-0.15, -0.1) is 0 Å². The lowest BCUT2D eigenvalue weighted by Gasteiger charge is -2.29. The highest BCUT2D eigenvalue weighted by atomic mass is 16.7. The first-order valence-electron chi connectivity index (χ1n) is 7.08. The molecule has 0 bridgehead atoms. The summed E-state index contributed by atoms with van der Waals surface area (Å²) in [6, 6.07) is 7.57. The van der Waals surface area contributed by atoms with E-state index in [1.54, 1.807) is 0 Å². The summed E-state index contributed by atoms with van der Waals surface area (Å²) in [5.41, 5.74) is 2.16. The van der Waals surface area contributed by atoms with Crippen molar-refractivity contribution in [3.05, 3.63) is 35.4 Å². The molecule has 1 aliphatic carbocycles. The number of hydrogen-bond donors (Lipinski definition) is 2. The zero-order valence-corrected chi connectivity index (χ0v) is 11.2. The molecule has 1 fully saturated rings. The van der Waals surface area contributed by atoms with E-state index in [-0.39, 0.29) is 18.4 Å². The van der Waals surface area contributed by atoms with Gasteiger partial charge in [-0.2, -0.15) is 0 Å². The Bertz CT molecular complexity index is 485. The molecule has 1 amide bonds. The molecule has 0 radical (unpaired) electrons. The van der Waals surface area contributed by atoms with E-state index < -0.39 is 6.09 Å². The fraction of sp³-hybridized carbons (Fsp3) is 0.533. The van der Waals surface area contributed by atoms with Gasteiger partial charge in [-0.05, 0) is 30.4 Å². The highest BCUT2D eigenvalue weighted by Crippen LogP contribution is 2.34. The van der Waals surface area contributed by atoms with Crippen LogP contribution in [0.4, 0.5) is 4.79 Å². The maximum Gasteiger partial charge on any atom is 0.405 e. The van der Waals surface area contributed by atoms with Gasteiger partial charge in [0.25, 0.3) is 0 Å². The number of carboxylic acid groups (broad SMARTS) is 1. The molecule has 0 spiro atoms. The lowest BCUT2D eigenvalue weighted by Crippen LogP contribution is -2.37. The molecule has 1 aliphatic heterocycles. The number of benzene rings is 1. The van der Waals surface area contributed by atoms with E-state index in [4.69, 9.17) is 14.6 Å². The van der Waals surface area contributed by atoms with Crippen molar-refractivity contribution in [2.45, 2.75) is 44.1 Å². The van der Waals surface area contributed by atoms with Crippen LogP contribution in [0.1, 0.15) is 36.4 Å². The molecule has 0 saturated carbocycles. The number of rotatable bonds is 3. The minimum absolute atomic E-state index is 0.188. The average molecular weight is 277 g/mol. The summed E-state index contributed by atoms with van der Waals surface area (Å²) in [6.07, 6.45) is 2.36. The standard InChI is InChI=1S/C15H19NO4/c17-15(18)16-14-11-6-2-1-5-10(11)9-12(14)20-13-7-3-4-8-19-13/h1-2,5-6,12-14,16H,3-4,7-9H2,(H,17,18)/t12-,13?,14+/m0/s1. The normalized spacial score (nSPS) is 28.9. The Morgan fingerprint density at radius 2 is 2.20 bits per heavy atom. The van der Waals surface area contributed by atoms with Crippen molar-refractivity contribution in [1.29, 1.82) is 0 Å². The molecular formula is C15H19NO4. The van der Waals surface area contributed by atoms with Crippen LogP contribution in [0.3, 0.4) is 0 Å². The Kier molecular flexibility index (Phi) is 3.89. The first-order valence-corrected chi connectivity index (χ1v) is 7.08. The summed E-state index contributed by atoms with van der Waals surface area (Å²) >= 11 is 0. The topological polar surface area (TPSA) is 67.8 Å². The number of hydrogen-bond acceptors (Lipinski definition) is 3. The van der Waals surface area contributed by atoms with Crippen LogP contribution in [0.5, 0.6) is 0 Å². The van der Waals surface area contributed by atoms with Crippen molar-refractivity contribution in [2.24, 2.45) is 0 Å². The second-order valence-corrected chi connectivity index (χ2v) is 5.30. The number of carbonyl (C=O) groups is 1. The van der Waals surface area contributed by atoms with Crippen molar-refractivity contribution in [1.82, 2.24) is 5.32 Å². The summed E-state index contributed by atoms with van der Waals surface area (Å²) in [6.45, 7) is 0.724. The third-order valence-corrected chi connectivity index (χ3v) is 3.93. The minimum Gasteiger partial charge on any atom is -0.465 e. The van der Waals surface area contributed by atoms with Gasteiger partial charge in [0.05, 0.1) is 12.1 Å². The van der Waals surface area contributed by atoms with Crippen molar-refractivity contribution < 1.29 is 19.4 Å². The van der Waals surface area contributed by atoms with Gasteiger partial charge in [0, 0.05) is 13.0 Å². The highest BCUT2D eigenvalue weighted by Gasteiger charge is 2.36. The van der Waals surface area contributed by atoms with Crippen molar-refractivity contribution in [3.63, 3.8) is 0 Å². The first kappa shape index (κ1) is 13.4. The molecule has 3 rings (SSSR count). The Morgan fingerprint density at radius 1 is 1.35 bits per heavy atom. The van der Waals surface area contributed by atoms with Gasteiger partial charge >= 0.3 is 6.09 Å². The molecule has 5 nitrogen and oxygen atoms in total. The third-order valence-electron chi connectivity index (χ3n) is 3.93. The summed E-state index contributed by atoms with van der Waals surface area (Å²) in [5.74, 6) is 0. The predicted molar refractivity (Wildman–Crippen MR) is 72.5 cm³/mol. The molecule has 20 heavy (non-hydrogen) atoms. The Hall–Kier alpha value is -1.59. The molecule has 5 heteroatoms. The van der Waals surface area contributed by atoms with Crippen LogP contribution in [0.15, 0.2) is 24.3 Å². The summed E-state index contributed by atoms with van der Waals surface area (Å²) < 4.78 is 11.6. The van der Waals surface area contributed by atoms with E-state index in [0.29, 0.717) is 0 Å². The molecule has 1 saturated heterocycles. The average Bonchev–Trinajstić information content (AvgIpc) is 2.78. The van der Waals surface area contributed by atoms with Crippen LogP contribution in [0.2, 0.25) is 0 Å². The van der Waals surface area contributed by atoms with Gasteiger partial charge in [-0.25, -0.2) is 4.79 Å². The SMILES string of the molecule is O=C(O)N[C@@H]1c2ccccc2C[C@@H]1OC1CCCCO1. The third kappa shape index (κ3) is 2.78. The Labute approximate surface area is 117 Å². The van der Waals surface area contributed by atoms with Crippen LogP contribution >= 0.6 is 0 Å². The van der Waals surface area contributed by atoms with Crippen molar-refractivity contribution in [3.8, 4) is 0 Å². The largest absolute Gasteiger partial charge is 0.465 e. The second kappa shape index (κ2) is 5.81. The predicted octanol–water partition coefficient (Wildman–Crippen LogP) is 2.46. The summed E-state index contributed by atoms with van der Waals surface area (Å²) in [7, 11) is 0. The molecule has 108 valence electrons. The van der Waals surface area contributed by atoms with E-state index in [1.165, 1.54) is 0 Å². The molecule has 0 aromatic heterocycles. The van der Waals surface area contributed by atoms with Crippen LogP contribution in [-0.4, -0.2) is 30.2 Å². The summed E-state index contributed by atoms with van der Waals surface area (Å²) in [5, 5.41) is 11.6. The maximum atomic E-state index is 11.0. The van der Waals surface area contributed by atoms with Gasteiger partial charge in [-0.1, -0.05) is 24.3 Å². The molecule has 1 aromatic rings. The Balaban J connectivity index is 1.74. The molecule has 2 N–H and O–H groups in total. The molecule has 1 unspecified atom stereocenters. The number of nitrogens with one attached hydrogen (secondary N) is 1. The molecule has 1 aromatic carbocycles. The minimum atomic E-state index is -1.02. The zero-order valence-electron chi connectivity index (χ0n) is 11.2. The lowest BCUT2D eigenvalue weighted by atomic mass is 10.1. The van der Waals surface area contributed by atoms with Crippen molar-refractivity contribution >= 4 is 6.09 Å². The van der Waals surface area contributed by atoms with Gasteiger partial charge in [-0.3, -0.25) is 0 Å². The van der Waals surface area contributed by atoms with Gasteiger partial charge in [0.15, 0.2) is 6.29 Å². The van der Waals surface area contributed by atoms with Gasteiger partial charge in [0.1, 0.15) is 0 Å². The number of fused-ring (bicyclic) bond motifs is 1. The fourth-order valence-corrected chi connectivity index (χ4v) is 3.00. The highest BCUT2D eigenvalue weighted by molar-refractivity contribution is 5.66. The number of ether oxygens (including phenoxy) is 2. The monoisotopic (exact) mass is 277 g/mol. The Morgan fingerprint density at radius 3 is 2.95 bits per heavy atom. The van der Waals surface area contributed by atoms with Gasteiger partial charge in [0.2, 0.25) is 0 Å². The molecule has 3 atom stereocenters. The van der Waals surface area contributed by atoms with E-state index >= 15 is 0 Å². The lowest BCUT2D eigenvalue weighted by molar-refractivity contribution is -0.191. The van der Waals surface area contributed by atoms with Crippen LogP contribution in [0, 0.1) is 0 Å². The summed E-state index contributed by atoms with van der Waals surface area (Å²) in [4.78, 5) is 11.0. The fourth-order valence-electron chi connectivity index (χ4n) is 3.00. The van der Waals surface area contributed by atoms with E-state index in [1.807, 2.05) is 24.3 Å². The molecule has 1 heterocycles. The van der Waals surface area contributed by atoms with Crippen LogP contribution in [-0.2, 0) is 15.9 Å².